The van der Waals surface area contributed by atoms with E-state index < -0.39 is 4.92 Å². The summed E-state index contributed by atoms with van der Waals surface area (Å²) >= 11 is 2.66. The highest BCUT2D eigenvalue weighted by Crippen LogP contribution is 2.28. The standard InChI is InChI=1S/C14H10N2O3S2/c1-15-14(17)10-4-2-3-5-11(10)20-13-8-9(16(18)19)6-7-12(13)21-15/h2-8H,1H3. The minimum Gasteiger partial charge on any atom is -0.268 e. The third-order valence-electron chi connectivity index (χ3n) is 3.00. The molecule has 0 aliphatic carbocycles. The number of nitro benzene ring substituents is 1. The van der Waals surface area contributed by atoms with Gasteiger partial charge >= 0.3 is 0 Å². The van der Waals surface area contributed by atoms with Gasteiger partial charge in [0.05, 0.1) is 19.7 Å². The van der Waals surface area contributed by atoms with Crippen LogP contribution in [0.2, 0.25) is 0 Å². The Morgan fingerprint density at radius 3 is 2.62 bits per heavy atom. The van der Waals surface area contributed by atoms with Crippen LogP contribution >= 0.6 is 22.9 Å². The second-order valence-corrected chi connectivity index (χ2v) is 6.63. The molecule has 0 fully saturated rings. The Bertz CT molecular complexity index is 967. The van der Waals surface area contributed by atoms with E-state index in [9.17, 15) is 14.9 Å². The number of fused-ring (bicyclic) bond motifs is 2. The summed E-state index contributed by atoms with van der Waals surface area (Å²) in [6.45, 7) is 0. The molecule has 0 aliphatic rings. The Morgan fingerprint density at radius 2 is 1.86 bits per heavy atom. The number of nitro groups is 1. The molecular weight excluding hydrogens is 308 g/mol. The molecule has 106 valence electrons. The molecule has 0 spiro atoms. The molecule has 5 nitrogen and oxygen atoms in total. The molecule has 0 radical (unpaired) electrons. The molecule has 21 heavy (non-hydrogen) atoms. The van der Waals surface area contributed by atoms with Crippen LogP contribution in [-0.2, 0) is 7.05 Å². The van der Waals surface area contributed by atoms with Crippen molar-refractivity contribution in [2.75, 3.05) is 0 Å². The molecule has 0 saturated carbocycles. The highest BCUT2D eigenvalue weighted by Gasteiger charge is 2.07. The average molecular weight is 318 g/mol. The van der Waals surface area contributed by atoms with Crippen LogP contribution in [0.5, 0.6) is 0 Å². The molecule has 0 atom stereocenters. The van der Waals surface area contributed by atoms with Gasteiger partial charge in [0, 0.05) is 23.9 Å². The minimum absolute atomic E-state index is 0.0499. The van der Waals surface area contributed by atoms with Gasteiger partial charge in [0.25, 0.3) is 11.2 Å². The predicted octanol–water partition coefficient (Wildman–Crippen LogP) is 3.85. The van der Waals surface area contributed by atoms with Crippen LogP contribution in [0, 0.1) is 10.1 Å². The van der Waals surface area contributed by atoms with Gasteiger partial charge in [0.1, 0.15) is 0 Å². The van der Waals surface area contributed by atoms with Gasteiger partial charge in [-0.3, -0.25) is 18.9 Å². The number of hydrogen-bond donors (Lipinski definition) is 0. The maximum Gasteiger partial charge on any atom is 0.270 e. The lowest BCUT2D eigenvalue weighted by atomic mass is 10.3. The first-order valence-corrected chi connectivity index (χ1v) is 7.66. The summed E-state index contributed by atoms with van der Waals surface area (Å²) in [5.41, 5.74) is -0.0269. The molecule has 0 aliphatic heterocycles. The van der Waals surface area contributed by atoms with E-state index in [4.69, 9.17) is 0 Å². The average Bonchev–Trinajstić information content (AvgIpc) is 2.47. The zero-order valence-electron chi connectivity index (χ0n) is 11.0. The summed E-state index contributed by atoms with van der Waals surface area (Å²) in [4.78, 5) is 22.9. The summed E-state index contributed by atoms with van der Waals surface area (Å²) in [5.74, 6) is 0. The Labute approximate surface area is 127 Å². The van der Waals surface area contributed by atoms with Gasteiger partial charge in [-0.25, -0.2) is 0 Å². The monoisotopic (exact) mass is 318 g/mol. The molecule has 0 N–H and O–H groups in total. The molecule has 3 rings (SSSR count). The van der Waals surface area contributed by atoms with Crippen molar-refractivity contribution in [2.24, 2.45) is 7.05 Å². The molecule has 0 bridgehead atoms. The number of non-ortho nitro benzene ring substituents is 1. The Balaban J connectivity index is 2.54. The van der Waals surface area contributed by atoms with Gasteiger partial charge in [-0.05, 0) is 18.2 Å². The maximum absolute atomic E-state index is 12.4. The minimum atomic E-state index is -0.412. The van der Waals surface area contributed by atoms with Crippen molar-refractivity contribution in [1.82, 2.24) is 3.96 Å². The molecule has 7 heteroatoms. The first kappa shape index (κ1) is 13.7. The van der Waals surface area contributed by atoms with Gasteiger partial charge in [0.15, 0.2) is 0 Å². The fraction of sp³-hybridized carbons (Fsp3) is 0.0714. The van der Waals surface area contributed by atoms with Crippen LogP contribution in [0.3, 0.4) is 0 Å². The van der Waals surface area contributed by atoms with Crippen LogP contribution in [0.25, 0.3) is 19.5 Å². The third kappa shape index (κ3) is 2.53. The van der Waals surface area contributed by atoms with Crippen molar-refractivity contribution in [3.8, 4) is 0 Å². The van der Waals surface area contributed by atoms with E-state index in [1.807, 2.05) is 18.2 Å². The van der Waals surface area contributed by atoms with E-state index in [1.165, 1.54) is 28.9 Å². The molecule has 0 saturated heterocycles. The Kier molecular flexibility index (Phi) is 3.44. The van der Waals surface area contributed by atoms with Crippen molar-refractivity contribution in [3.05, 3.63) is 62.9 Å². The van der Waals surface area contributed by atoms with Crippen molar-refractivity contribution in [2.45, 2.75) is 0 Å². The van der Waals surface area contributed by atoms with Crippen molar-refractivity contribution < 1.29 is 4.92 Å². The number of hydrogen-bond acceptors (Lipinski definition) is 5. The summed E-state index contributed by atoms with van der Waals surface area (Å²) in [7, 11) is 1.70. The Morgan fingerprint density at radius 1 is 1.10 bits per heavy atom. The fourth-order valence-electron chi connectivity index (χ4n) is 1.97. The maximum atomic E-state index is 12.4. The Hall–Kier alpha value is -2.25. The molecule has 2 aromatic carbocycles. The molecule has 1 aromatic heterocycles. The summed E-state index contributed by atoms with van der Waals surface area (Å²) < 4.78 is 3.96. The van der Waals surface area contributed by atoms with E-state index in [0.29, 0.717) is 5.39 Å². The van der Waals surface area contributed by atoms with Crippen LogP contribution in [0.1, 0.15) is 0 Å². The summed E-state index contributed by atoms with van der Waals surface area (Å²) in [6.07, 6.45) is 0. The smallest absolute Gasteiger partial charge is 0.268 e. The van der Waals surface area contributed by atoms with Gasteiger partial charge in [-0.2, -0.15) is 0 Å². The lowest BCUT2D eigenvalue weighted by Crippen LogP contribution is -2.11. The lowest BCUT2D eigenvalue weighted by molar-refractivity contribution is -0.384. The molecule has 1 heterocycles. The molecule has 3 aromatic rings. The largest absolute Gasteiger partial charge is 0.270 e. The van der Waals surface area contributed by atoms with Crippen LogP contribution < -0.4 is 5.56 Å². The second-order valence-electron chi connectivity index (χ2n) is 4.38. The molecule has 0 unspecified atom stereocenters. The van der Waals surface area contributed by atoms with E-state index in [-0.39, 0.29) is 11.2 Å². The van der Waals surface area contributed by atoms with E-state index in [0.717, 1.165) is 14.1 Å². The highest BCUT2D eigenvalue weighted by atomic mass is 32.1. The summed E-state index contributed by atoms with van der Waals surface area (Å²) in [5, 5.41) is 11.5. The van der Waals surface area contributed by atoms with Crippen molar-refractivity contribution in [1.29, 1.82) is 0 Å². The van der Waals surface area contributed by atoms with Gasteiger partial charge < -0.3 is 0 Å². The SMILES string of the molecule is Cn1sc2ccc([N+](=O)[O-])cc2sc2ccccc2c1=O. The predicted molar refractivity (Wildman–Crippen MR) is 86.7 cm³/mol. The number of aryl methyl sites for hydroxylation is 1. The topological polar surface area (TPSA) is 65.1 Å². The van der Waals surface area contributed by atoms with Crippen molar-refractivity contribution in [3.63, 3.8) is 0 Å². The van der Waals surface area contributed by atoms with Gasteiger partial charge in [0.2, 0.25) is 0 Å². The molecule has 0 amide bonds. The van der Waals surface area contributed by atoms with Crippen LogP contribution in [0.15, 0.2) is 47.3 Å². The number of rotatable bonds is 1. The third-order valence-corrected chi connectivity index (χ3v) is 5.25. The number of aromatic nitrogens is 1. The summed E-state index contributed by atoms with van der Waals surface area (Å²) in [6, 6.07) is 12.0. The molecular formula is C14H10N2O3S2. The van der Waals surface area contributed by atoms with Crippen LogP contribution in [0.4, 0.5) is 5.69 Å². The lowest BCUT2D eigenvalue weighted by Gasteiger charge is -2.00. The highest BCUT2D eigenvalue weighted by molar-refractivity contribution is 7.27. The number of benzene rings is 2. The fourth-order valence-corrected chi connectivity index (χ4v) is 3.96. The van der Waals surface area contributed by atoms with Crippen molar-refractivity contribution >= 4 is 48.0 Å². The normalized spacial score (nSPS) is 10.7. The van der Waals surface area contributed by atoms with E-state index >= 15 is 0 Å². The quantitative estimate of drug-likeness (QED) is 0.505. The first-order valence-electron chi connectivity index (χ1n) is 6.07. The first-order chi connectivity index (χ1) is 10.1. The van der Waals surface area contributed by atoms with Crippen LogP contribution in [-0.4, -0.2) is 8.88 Å². The van der Waals surface area contributed by atoms with Gasteiger partial charge in [-0.1, -0.05) is 23.7 Å². The van der Waals surface area contributed by atoms with Gasteiger partial charge in [-0.15, -0.1) is 11.3 Å². The van der Waals surface area contributed by atoms with E-state index in [1.54, 1.807) is 29.2 Å². The second kappa shape index (κ2) is 5.27. The van der Waals surface area contributed by atoms with E-state index in [2.05, 4.69) is 0 Å². The number of nitrogens with zero attached hydrogens (tertiary/aromatic N) is 2. The zero-order valence-corrected chi connectivity index (χ0v) is 12.6. The zero-order chi connectivity index (χ0) is 15.0.